The van der Waals surface area contributed by atoms with Gasteiger partial charge < -0.3 is 10.1 Å². The van der Waals surface area contributed by atoms with Gasteiger partial charge in [-0.15, -0.1) is 0 Å². The van der Waals surface area contributed by atoms with Crippen LogP contribution >= 0.6 is 23.2 Å². The third kappa shape index (κ3) is 5.43. The van der Waals surface area contributed by atoms with Crippen molar-refractivity contribution in [2.24, 2.45) is 5.92 Å². The fourth-order valence-corrected chi connectivity index (χ4v) is 2.57. The van der Waals surface area contributed by atoms with Crippen molar-refractivity contribution in [2.75, 3.05) is 11.9 Å². The maximum Gasteiger partial charge on any atom is 0.124 e. The van der Waals surface area contributed by atoms with Gasteiger partial charge in [-0.2, -0.15) is 0 Å². The molecular formula is C18H21Cl2NO. The third-order valence-electron chi connectivity index (χ3n) is 3.27. The first-order chi connectivity index (χ1) is 10.5. The van der Waals surface area contributed by atoms with Crippen molar-refractivity contribution in [1.29, 1.82) is 0 Å². The Labute approximate surface area is 142 Å². The molecule has 22 heavy (non-hydrogen) atoms. The smallest absolute Gasteiger partial charge is 0.124 e. The van der Waals surface area contributed by atoms with Crippen LogP contribution in [0.15, 0.2) is 42.5 Å². The highest BCUT2D eigenvalue weighted by atomic mass is 35.5. The van der Waals surface area contributed by atoms with E-state index in [9.17, 15) is 0 Å². The van der Waals surface area contributed by atoms with E-state index >= 15 is 0 Å². The molecule has 0 saturated carbocycles. The maximum absolute atomic E-state index is 6.01. The molecule has 2 nitrogen and oxygen atoms in total. The topological polar surface area (TPSA) is 21.3 Å². The first-order valence-corrected chi connectivity index (χ1v) is 8.21. The normalized spacial score (nSPS) is 10.8. The highest BCUT2D eigenvalue weighted by Crippen LogP contribution is 2.24. The van der Waals surface area contributed by atoms with Crippen LogP contribution in [0.2, 0.25) is 10.0 Å². The van der Waals surface area contributed by atoms with Crippen LogP contribution < -0.4 is 10.1 Å². The molecule has 0 heterocycles. The van der Waals surface area contributed by atoms with Gasteiger partial charge in [-0.1, -0.05) is 55.2 Å². The molecule has 0 radical (unpaired) electrons. The van der Waals surface area contributed by atoms with E-state index in [2.05, 4.69) is 25.2 Å². The number of halogens is 2. The zero-order valence-corrected chi connectivity index (χ0v) is 14.4. The molecule has 0 amide bonds. The molecular weight excluding hydrogens is 317 g/mol. The molecule has 0 atom stereocenters. The van der Waals surface area contributed by atoms with E-state index in [4.69, 9.17) is 27.9 Å². The minimum absolute atomic E-state index is 0.622. The molecule has 0 aromatic heterocycles. The molecule has 0 saturated heterocycles. The lowest BCUT2D eigenvalue weighted by Crippen LogP contribution is -2.06. The van der Waals surface area contributed by atoms with Crippen molar-refractivity contribution in [3.8, 4) is 5.75 Å². The molecule has 2 rings (SSSR count). The molecule has 0 fully saturated rings. The Kier molecular flexibility index (Phi) is 6.41. The molecule has 118 valence electrons. The second kappa shape index (κ2) is 8.30. The van der Waals surface area contributed by atoms with Gasteiger partial charge in [0.1, 0.15) is 5.75 Å². The summed E-state index contributed by atoms with van der Waals surface area (Å²) in [6, 6.07) is 13.5. The van der Waals surface area contributed by atoms with E-state index in [-0.39, 0.29) is 0 Å². The van der Waals surface area contributed by atoms with Gasteiger partial charge in [-0.05, 0) is 36.6 Å². The standard InChI is InChI=1S/C18H21Cl2NO/c1-13(2)7-8-22-18-6-4-3-5-14(18)12-21-17-10-15(19)9-16(20)11-17/h3-6,9-11,13,21H,7-8,12H2,1-2H3. The van der Waals surface area contributed by atoms with Gasteiger partial charge in [0.2, 0.25) is 0 Å². The predicted molar refractivity (Wildman–Crippen MR) is 95.2 cm³/mol. The van der Waals surface area contributed by atoms with Gasteiger partial charge in [0.05, 0.1) is 6.61 Å². The lowest BCUT2D eigenvalue weighted by molar-refractivity contribution is 0.287. The Hall–Kier alpha value is -1.38. The average molecular weight is 338 g/mol. The molecule has 0 spiro atoms. The van der Waals surface area contributed by atoms with Crippen LogP contribution in [-0.4, -0.2) is 6.61 Å². The SMILES string of the molecule is CC(C)CCOc1ccccc1CNc1cc(Cl)cc(Cl)c1. The summed E-state index contributed by atoms with van der Waals surface area (Å²) in [6.45, 7) is 5.78. The third-order valence-corrected chi connectivity index (χ3v) is 3.71. The first kappa shape index (κ1) is 17.0. The van der Waals surface area contributed by atoms with Gasteiger partial charge in [-0.25, -0.2) is 0 Å². The van der Waals surface area contributed by atoms with Crippen molar-refractivity contribution in [2.45, 2.75) is 26.8 Å². The predicted octanol–water partition coefficient (Wildman–Crippen LogP) is 6.03. The monoisotopic (exact) mass is 337 g/mol. The lowest BCUT2D eigenvalue weighted by Gasteiger charge is -2.14. The summed E-state index contributed by atoms with van der Waals surface area (Å²) in [6.07, 6.45) is 1.05. The molecule has 0 bridgehead atoms. The number of hydrogen-bond donors (Lipinski definition) is 1. The van der Waals surface area contributed by atoms with Gasteiger partial charge in [-0.3, -0.25) is 0 Å². The van der Waals surface area contributed by atoms with Crippen molar-refractivity contribution in [3.63, 3.8) is 0 Å². The van der Waals surface area contributed by atoms with Crippen LogP contribution in [0, 0.1) is 5.92 Å². The van der Waals surface area contributed by atoms with Crippen LogP contribution in [0.4, 0.5) is 5.69 Å². The van der Waals surface area contributed by atoms with Crippen LogP contribution in [0.3, 0.4) is 0 Å². The summed E-state index contributed by atoms with van der Waals surface area (Å²) in [4.78, 5) is 0. The maximum atomic E-state index is 6.01. The zero-order valence-electron chi connectivity index (χ0n) is 12.9. The number of para-hydroxylation sites is 1. The van der Waals surface area contributed by atoms with E-state index in [0.29, 0.717) is 22.5 Å². The number of hydrogen-bond acceptors (Lipinski definition) is 2. The van der Waals surface area contributed by atoms with E-state index in [1.165, 1.54) is 0 Å². The number of ether oxygens (including phenoxy) is 1. The summed E-state index contributed by atoms with van der Waals surface area (Å²) < 4.78 is 5.89. The quantitative estimate of drug-likeness (QED) is 0.665. The molecule has 0 unspecified atom stereocenters. The van der Waals surface area contributed by atoms with Crippen molar-refractivity contribution in [1.82, 2.24) is 0 Å². The van der Waals surface area contributed by atoms with Crippen LogP contribution in [0.1, 0.15) is 25.8 Å². The second-order valence-corrected chi connectivity index (χ2v) is 6.52. The van der Waals surface area contributed by atoms with Crippen LogP contribution in [0.25, 0.3) is 0 Å². The highest BCUT2D eigenvalue weighted by molar-refractivity contribution is 6.35. The summed E-state index contributed by atoms with van der Waals surface area (Å²) in [7, 11) is 0. The number of anilines is 1. The molecule has 0 aliphatic heterocycles. The van der Waals surface area contributed by atoms with Crippen molar-refractivity contribution >= 4 is 28.9 Å². The Morgan fingerprint density at radius 2 is 1.73 bits per heavy atom. The summed E-state index contributed by atoms with van der Waals surface area (Å²) in [5, 5.41) is 4.58. The average Bonchev–Trinajstić information content (AvgIpc) is 2.45. The molecule has 0 aliphatic rings. The van der Waals surface area contributed by atoms with Crippen molar-refractivity contribution < 1.29 is 4.74 Å². The zero-order chi connectivity index (χ0) is 15.9. The number of nitrogens with one attached hydrogen (secondary N) is 1. The van der Waals surface area contributed by atoms with Crippen molar-refractivity contribution in [3.05, 3.63) is 58.1 Å². The largest absolute Gasteiger partial charge is 0.493 e. The fourth-order valence-electron chi connectivity index (χ4n) is 2.05. The summed E-state index contributed by atoms with van der Waals surface area (Å²) >= 11 is 12.0. The lowest BCUT2D eigenvalue weighted by atomic mass is 10.1. The molecule has 0 aliphatic carbocycles. The Morgan fingerprint density at radius 3 is 2.41 bits per heavy atom. The van der Waals surface area contributed by atoms with Gasteiger partial charge in [0, 0.05) is 27.8 Å². The van der Waals surface area contributed by atoms with E-state index in [1.807, 2.05) is 30.3 Å². The molecule has 2 aromatic carbocycles. The minimum Gasteiger partial charge on any atom is -0.493 e. The van der Waals surface area contributed by atoms with Gasteiger partial charge in [0.25, 0.3) is 0 Å². The number of rotatable bonds is 7. The van der Waals surface area contributed by atoms with Gasteiger partial charge in [0.15, 0.2) is 0 Å². The highest BCUT2D eigenvalue weighted by Gasteiger charge is 2.05. The Morgan fingerprint density at radius 1 is 1.05 bits per heavy atom. The summed E-state index contributed by atoms with van der Waals surface area (Å²) in [5.74, 6) is 1.56. The molecule has 4 heteroatoms. The Bertz CT molecular complexity index is 594. The fraction of sp³-hybridized carbons (Fsp3) is 0.333. The van der Waals surface area contributed by atoms with E-state index in [1.54, 1.807) is 6.07 Å². The minimum atomic E-state index is 0.622. The first-order valence-electron chi connectivity index (χ1n) is 7.45. The second-order valence-electron chi connectivity index (χ2n) is 5.65. The summed E-state index contributed by atoms with van der Waals surface area (Å²) in [5.41, 5.74) is 2.01. The van der Waals surface area contributed by atoms with E-state index < -0.39 is 0 Å². The molecule has 1 N–H and O–H groups in total. The van der Waals surface area contributed by atoms with Gasteiger partial charge >= 0.3 is 0 Å². The van der Waals surface area contributed by atoms with Crippen LogP contribution in [0.5, 0.6) is 5.75 Å². The van der Waals surface area contributed by atoms with E-state index in [0.717, 1.165) is 30.0 Å². The molecule has 2 aromatic rings. The Balaban J connectivity index is 2.00. The number of benzene rings is 2. The van der Waals surface area contributed by atoms with Crippen LogP contribution in [-0.2, 0) is 6.54 Å².